The van der Waals surface area contributed by atoms with Gasteiger partial charge in [-0.15, -0.1) is 0 Å². The third-order valence-electron chi connectivity index (χ3n) is 2.32. The van der Waals surface area contributed by atoms with Crippen molar-refractivity contribution >= 4 is 29.2 Å². The van der Waals surface area contributed by atoms with Gasteiger partial charge in [0, 0.05) is 13.1 Å². The molecule has 0 N–H and O–H groups in total. The SMILES string of the molecule is CCCCCCN(CCCC)C(=S)[S-].[Cu+]. The first-order chi connectivity index (χ1) is 6.72. The van der Waals surface area contributed by atoms with E-state index < -0.39 is 0 Å². The van der Waals surface area contributed by atoms with E-state index in [1.54, 1.807) is 0 Å². The van der Waals surface area contributed by atoms with Crippen molar-refractivity contribution in [2.24, 2.45) is 0 Å². The zero-order valence-electron chi connectivity index (χ0n) is 9.72. The van der Waals surface area contributed by atoms with Crippen LogP contribution in [-0.2, 0) is 29.7 Å². The summed E-state index contributed by atoms with van der Waals surface area (Å²) in [6, 6.07) is 0. The fourth-order valence-corrected chi connectivity index (χ4v) is 1.74. The Morgan fingerprint density at radius 2 is 1.53 bits per heavy atom. The van der Waals surface area contributed by atoms with Crippen molar-refractivity contribution in [2.45, 2.75) is 52.4 Å². The van der Waals surface area contributed by atoms with Crippen LogP contribution >= 0.6 is 12.2 Å². The molecule has 0 spiro atoms. The molecule has 0 saturated carbocycles. The molecule has 4 heteroatoms. The first-order valence-corrected chi connectivity index (χ1v) is 6.50. The average Bonchev–Trinajstić information content (AvgIpc) is 2.16. The number of thiocarbonyl (C=S) groups is 1. The second-order valence-electron chi connectivity index (χ2n) is 3.67. The Morgan fingerprint density at radius 3 is 2.00 bits per heavy atom. The predicted molar refractivity (Wildman–Crippen MR) is 70.6 cm³/mol. The van der Waals surface area contributed by atoms with E-state index in [1.807, 2.05) is 0 Å². The van der Waals surface area contributed by atoms with Crippen LogP contribution in [0.5, 0.6) is 0 Å². The molecule has 0 aliphatic rings. The smallest absolute Gasteiger partial charge is 0.411 e. The van der Waals surface area contributed by atoms with E-state index in [2.05, 4.69) is 18.7 Å². The number of unbranched alkanes of at least 4 members (excludes halogenated alkanes) is 4. The Kier molecular flexibility index (Phi) is 15.2. The Bertz CT molecular complexity index is 154. The van der Waals surface area contributed by atoms with Gasteiger partial charge in [0.2, 0.25) is 0 Å². The van der Waals surface area contributed by atoms with Crippen molar-refractivity contribution in [2.75, 3.05) is 13.1 Å². The van der Waals surface area contributed by atoms with Crippen LogP contribution in [0.2, 0.25) is 0 Å². The fraction of sp³-hybridized carbons (Fsp3) is 0.909. The minimum atomic E-state index is 0. The van der Waals surface area contributed by atoms with Crippen LogP contribution in [0.25, 0.3) is 0 Å². The third kappa shape index (κ3) is 10.9. The van der Waals surface area contributed by atoms with E-state index >= 15 is 0 Å². The summed E-state index contributed by atoms with van der Waals surface area (Å²) < 4.78 is 0.648. The number of hydrogen-bond donors (Lipinski definition) is 0. The molecule has 0 rings (SSSR count). The maximum absolute atomic E-state index is 5.05. The Labute approximate surface area is 116 Å². The zero-order valence-corrected chi connectivity index (χ0v) is 12.3. The zero-order chi connectivity index (χ0) is 10.8. The summed E-state index contributed by atoms with van der Waals surface area (Å²) in [6.45, 7) is 6.53. The summed E-state index contributed by atoms with van der Waals surface area (Å²) in [5.41, 5.74) is 0. The first-order valence-electron chi connectivity index (χ1n) is 5.68. The summed E-state index contributed by atoms with van der Waals surface area (Å²) in [7, 11) is 0. The van der Waals surface area contributed by atoms with Crippen molar-refractivity contribution in [1.82, 2.24) is 4.90 Å². The van der Waals surface area contributed by atoms with Crippen molar-refractivity contribution in [1.29, 1.82) is 0 Å². The normalized spacial score (nSPS) is 9.47. The molecular weight excluding hydrogens is 274 g/mol. The fourth-order valence-electron chi connectivity index (χ4n) is 1.37. The van der Waals surface area contributed by atoms with E-state index in [4.69, 9.17) is 24.8 Å². The monoisotopic (exact) mass is 295 g/mol. The summed E-state index contributed by atoms with van der Waals surface area (Å²) in [6.07, 6.45) is 7.55. The molecule has 15 heavy (non-hydrogen) atoms. The molecule has 0 aromatic rings. The molecule has 0 amide bonds. The van der Waals surface area contributed by atoms with Crippen LogP contribution in [0.15, 0.2) is 0 Å². The van der Waals surface area contributed by atoms with Gasteiger partial charge in [0.15, 0.2) is 0 Å². The third-order valence-corrected chi connectivity index (χ3v) is 2.84. The van der Waals surface area contributed by atoms with Crippen LogP contribution < -0.4 is 0 Å². The largest absolute Gasteiger partial charge is 1.00 e. The second kappa shape index (κ2) is 12.7. The molecule has 1 nitrogen and oxygen atoms in total. The van der Waals surface area contributed by atoms with E-state index in [0.29, 0.717) is 4.32 Å². The van der Waals surface area contributed by atoms with Crippen LogP contribution in [0, 0.1) is 0 Å². The van der Waals surface area contributed by atoms with E-state index in [-0.39, 0.29) is 17.1 Å². The number of nitrogens with zero attached hydrogens (tertiary/aromatic N) is 1. The maximum Gasteiger partial charge on any atom is 1.00 e. The van der Waals surface area contributed by atoms with E-state index in [1.165, 1.54) is 38.5 Å². The van der Waals surface area contributed by atoms with Gasteiger partial charge in [-0.1, -0.05) is 43.9 Å². The minimum absolute atomic E-state index is 0. The molecule has 0 aromatic heterocycles. The average molecular weight is 296 g/mol. The van der Waals surface area contributed by atoms with Gasteiger partial charge in [-0.05, 0) is 12.8 Å². The van der Waals surface area contributed by atoms with E-state index in [9.17, 15) is 0 Å². The van der Waals surface area contributed by atoms with Gasteiger partial charge in [0.25, 0.3) is 0 Å². The van der Waals surface area contributed by atoms with Crippen LogP contribution in [0.3, 0.4) is 0 Å². The molecule has 0 heterocycles. The van der Waals surface area contributed by atoms with Gasteiger partial charge >= 0.3 is 17.1 Å². The molecule has 0 aromatic carbocycles. The minimum Gasteiger partial charge on any atom is -0.411 e. The maximum atomic E-state index is 5.05. The van der Waals surface area contributed by atoms with Gasteiger partial charge in [0.05, 0.1) is 0 Å². The predicted octanol–water partition coefficient (Wildman–Crippen LogP) is 3.50. The number of hydrogen-bond acceptors (Lipinski definition) is 2. The Balaban J connectivity index is 0. The van der Waals surface area contributed by atoms with Crippen LogP contribution in [0.1, 0.15) is 52.4 Å². The number of rotatable bonds is 8. The molecule has 0 aliphatic heterocycles. The van der Waals surface area contributed by atoms with Gasteiger partial charge in [-0.3, -0.25) is 0 Å². The van der Waals surface area contributed by atoms with Gasteiger partial charge in [0.1, 0.15) is 0 Å². The van der Waals surface area contributed by atoms with Gasteiger partial charge in [-0.25, -0.2) is 0 Å². The molecule has 94 valence electrons. The van der Waals surface area contributed by atoms with Crippen molar-refractivity contribution in [3.05, 3.63) is 0 Å². The Hall–Kier alpha value is 0.629. The molecule has 0 bridgehead atoms. The molecule has 0 radical (unpaired) electrons. The van der Waals surface area contributed by atoms with E-state index in [0.717, 1.165) is 13.1 Å². The first kappa shape index (κ1) is 18.0. The molecule has 0 aliphatic carbocycles. The molecular formula is C11H22CuNS2. The molecule has 0 atom stereocenters. The topological polar surface area (TPSA) is 3.24 Å². The Morgan fingerprint density at radius 1 is 1.00 bits per heavy atom. The van der Waals surface area contributed by atoms with Crippen molar-refractivity contribution in [3.8, 4) is 0 Å². The summed E-state index contributed by atoms with van der Waals surface area (Å²) in [5, 5.41) is 0. The molecule has 0 unspecified atom stereocenters. The van der Waals surface area contributed by atoms with Crippen LogP contribution in [0.4, 0.5) is 0 Å². The molecule has 0 fully saturated rings. The molecule has 0 saturated heterocycles. The van der Waals surface area contributed by atoms with Gasteiger partial charge < -0.3 is 29.7 Å². The van der Waals surface area contributed by atoms with Crippen LogP contribution in [-0.4, -0.2) is 22.3 Å². The van der Waals surface area contributed by atoms with Gasteiger partial charge in [-0.2, -0.15) is 0 Å². The summed E-state index contributed by atoms with van der Waals surface area (Å²) in [5.74, 6) is 0. The quantitative estimate of drug-likeness (QED) is 0.292. The summed E-state index contributed by atoms with van der Waals surface area (Å²) in [4.78, 5) is 2.17. The summed E-state index contributed by atoms with van der Waals surface area (Å²) >= 11 is 10.1. The second-order valence-corrected chi connectivity index (χ2v) is 4.70. The van der Waals surface area contributed by atoms with Crippen molar-refractivity contribution < 1.29 is 17.1 Å². The standard InChI is InChI=1S/C11H23NS2.Cu/c1-3-5-7-8-10-12(11(13)14)9-6-4-2;/h3-10H2,1-2H3,(H,13,14);/q;+1/p-1. The van der Waals surface area contributed by atoms with Crippen molar-refractivity contribution in [3.63, 3.8) is 0 Å².